The summed E-state index contributed by atoms with van der Waals surface area (Å²) >= 11 is 0. The van der Waals surface area contributed by atoms with E-state index in [0.29, 0.717) is 28.1 Å². The van der Waals surface area contributed by atoms with E-state index in [-0.39, 0.29) is 23.9 Å². The summed E-state index contributed by atoms with van der Waals surface area (Å²) < 4.78 is 7.28. The first kappa shape index (κ1) is 20.3. The van der Waals surface area contributed by atoms with Gasteiger partial charge < -0.3 is 19.6 Å². The zero-order chi connectivity index (χ0) is 23.7. The van der Waals surface area contributed by atoms with Crippen LogP contribution in [0.4, 0.5) is 5.69 Å². The maximum absolute atomic E-state index is 13.5. The lowest BCUT2D eigenvalue weighted by Crippen LogP contribution is -2.33. The van der Waals surface area contributed by atoms with Crippen LogP contribution in [0.5, 0.6) is 5.75 Å². The monoisotopic (exact) mass is 454 g/mol. The minimum Gasteiger partial charge on any atom is -0.497 e. The van der Waals surface area contributed by atoms with Crippen molar-refractivity contribution in [3.63, 3.8) is 0 Å². The first-order chi connectivity index (χ1) is 16.4. The van der Waals surface area contributed by atoms with E-state index < -0.39 is 5.92 Å². The smallest absolute Gasteiger partial charge is 0.259 e. The van der Waals surface area contributed by atoms with E-state index in [1.807, 2.05) is 54.2 Å². The molecule has 2 aliphatic heterocycles. The van der Waals surface area contributed by atoms with Crippen molar-refractivity contribution in [1.82, 2.24) is 14.5 Å². The summed E-state index contributed by atoms with van der Waals surface area (Å²) in [6.45, 7) is 1.53. The number of aryl methyl sites for hydroxylation is 1. The lowest BCUT2D eigenvalue weighted by molar-refractivity contribution is -0.139. The SMILES string of the molecule is COc1ccc2cc(C3C4=C(CN(C(C)=O)C4=O)Nc4cccc5c4c3cn5C)c(=O)[nH]c2c1. The molecule has 2 aliphatic rings. The molecule has 0 spiro atoms. The number of hydrogen-bond donors (Lipinski definition) is 2. The van der Waals surface area contributed by atoms with Crippen LogP contribution in [0.1, 0.15) is 24.0 Å². The van der Waals surface area contributed by atoms with E-state index in [1.54, 1.807) is 13.2 Å². The number of aromatic nitrogens is 2. The molecule has 34 heavy (non-hydrogen) atoms. The van der Waals surface area contributed by atoms with Gasteiger partial charge in [-0.05, 0) is 41.3 Å². The molecule has 8 nitrogen and oxygen atoms in total. The number of methoxy groups -OCH3 is 1. The van der Waals surface area contributed by atoms with Crippen LogP contribution in [0.25, 0.3) is 21.8 Å². The highest BCUT2D eigenvalue weighted by Gasteiger charge is 2.42. The van der Waals surface area contributed by atoms with Crippen LogP contribution in [-0.2, 0) is 16.6 Å². The van der Waals surface area contributed by atoms with Gasteiger partial charge in [0.15, 0.2) is 0 Å². The predicted octanol–water partition coefficient (Wildman–Crippen LogP) is 3.23. The van der Waals surface area contributed by atoms with E-state index >= 15 is 0 Å². The lowest BCUT2D eigenvalue weighted by atomic mass is 9.84. The summed E-state index contributed by atoms with van der Waals surface area (Å²) in [4.78, 5) is 43.4. The summed E-state index contributed by atoms with van der Waals surface area (Å²) in [6, 6.07) is 13.2. The van der Waals surface area contributed by atoms with Gasteiger partial charge in [-0.15, -0.1) is 0 Å². The Hall–Kier alpha value is -4.33. The Morgan fingerprint density at radius 3 is 2.71 bits per heavy atom. The Kier molecular flexibility index (Phi) is 4.23. The molecule has 0 saturated heterocycles. The summed E-state index contributed by atoms with van der Waals surface area (Å²) in [6.07, 6.45) is 1.97. The molecule has 1 unspecified atom stereocenters. The second kappa shape index (κ2) is 7.08. The molecule has 0 fully saturated rings. The van der Waals surface area contributed by atoms with Gasteiger partial charge in [-0.25, -0.2) is 0 Å². The maximum atomic E-state index is 13.5. The number of H-pyrrole nitrogens is 1. The third-order valence-corrected chi connectivity index (χ3v) is 6.82. The Bertz CT molecular complexity index is 1640. The number of aromatic amines is 1. The molecule has 0 saturated carbocycles. The zero-order valence-electron chi connectivity index (χ0n) is 18.9. The summed E-state index contributed by atoms with van der Waals surface area (Å²) in [5, 5.41) is 5.19. The van der Waals surface area contributed by atoms with Gasteiger partial charge in [-0.3, -0.25) is 19.3 Å². The van der Waals surface area contributed by atoms with Crippen molar-refractivity contribution in [3.05, 3.63) is 81.4 Å². The molecular formula is C26H22N4O4. The molecule has 170 valence electrons. The molecule has 2 N–H and O–H groups in total. The molecule has 0 aliphatic carbocycles. The van der Waals surface area contributed by atoms with Crippen molar-refractivity contribution >= 4 is 39.3 Å². The van der Waals surface area contributed by atoms with Crippen LogP contribution >= 0.6 is 0 Å². The first-order valence-electron chi connectivity index (χ1n) is 11.0. The molecule has 2 aromatic carbocycles. The molecule has 2 aromatic heterocycles. The summed E-state index contributed by atoms with van der Waals surface area (Å²) in [5.41, 5.74) is 4.58. The number of hydrogen-bond acceptors (Lipinski definition) is 5. The van der Waals surface area contributed by atoms with Crippen LogP contribution < -0.4 is 15.6 Å². The van der Waals surface area contributed by atoms with Crippen LogP contribution in [0.2, 0.25) is 0 Å². The van der Waals surface area contributed by atoms with Gasteiger partial charge in [0.05, 0.1) is 30.3 Å². The number of carbonyl (C=O) groups excluding carboxylic acids is 2. The fourth-order valence-corrected chi connectivity index (χ4v) is 5.23. The van der Waals surface area contributed by atoms with Crippen molar-refractivity contribution in [3.8, 4) is 5.75 Å². The third kappa shape index (κ3) is 2.75. The van der Waals surface area contributed by atoms with Crippen molar-refractivity contribution in [2.75, 3.05) is 19.0 Å². The van der Waals surface area contributed by atoms with Gasteiger partial charge in [0, 0.05) is 54.5 Å². The Morgan fingerprint density at radius 1 is 1.12 bits per heavy atom. The van der Waals surface area contributed by atoms with Gasteiger partial charge in [0.2, 0.25) is 5.91 Å². The van der Waals surface area contributed by atoms with Gasteiger partial charge in [0.25, 0.3) is 11.5 Å². The third-order valence-electron chi connectivity index (χ3n) is 6.82. The Morgan fingerprint density at radius 2 is 1.94 bits per heavy atom. The molecule has 0 bridgehead atoms. The fraction of sp³-hybridized carbons (Fsp3) is 0.192. The highest BCUT2D eigenvalue weighted by Crippen LogP contribution is 2.45. The molecule has 4 heterocycles. The second-order valence-electron chi connectivity index (χ2n) is 8.76. The van der Waals surface area contributed by atoms with Crippen LogP contribution in [0, 0.1) is 0 Å². The van der Waals surface area contributed by atoms with Crippen molar-refractivity contribution in [2.45, 2.75) is 12.8 Å². The molecule has 6 rings (SSSR count). The minimum absolute atomic E-state index is 0.148. The number of imide groups is 1. The number of nitrogens with zero attached hydrogens (tertiary/aromatic N) is 2. The average molecular weight is 454 g/mol. The van der Waals surface area contributed by atoms with Crippen molar-refractivity contribution in [1.29, 1.82) is 0 Å². The fourth-order valence-electron chi connectivity index (χ4n) is 5.23. The lowest BCUT2D eigenvalue weighted by Gasteiger charge is -2.19. The van der Waals surface area contributed by atoms with E-state index in [0.717, 1.165) is 27.5 Å². The normalized spacial score (nSPS) is 17.2. The van der Waals surface area contributed by atoms with Gasteiger partial charge in [0.1, 0.15) is 5.75 Å². The number of rotatable bonds is 2. The maximum Gasteiger partial charge on any atom is 0.259 e. The Labute approximate surface area is 194 Å². The number of carbonyl (C=O) groups is 2. The molecule has 1 atom stereocenters. The zero-order valence-corrected chi connectivity index (χ0v) is 18.9. The molecular weight excluding hydrogens is 432 g/mol. The highest BCUT2D eigenvalue weighted by molar-refractivity contribution is 6.11. The van der Waals surface area contributed by atoms with Crippen LogP contribution in [-0.4, -0.2) is 39.9 Å². The summed E-state index contributed by atoms with van der Waals surface area (Å²) in [7, 11) is 3.52. The largest absolute Gasteiger partial charge is 0.497 e. The van der Waals surface area contributed by atoms with Crippen LogP contribution in [0.15, 0.2) is 64.7 Å². The van der Waals surface area contributed by atoms with Crippen molar-refractivity contribution < 1.29 is 14.3 Å². The summed E-state index contributed by atoms with van der Waals surface area (Å²) in [5.74, 6) is -0.702. The van der Waals surface area contributed by atoms with Gasteiger partial charge >= 0.3 is 0 Å². The van der Waals surface area contributed by atoms with E-state index in [2.05, 4.69) is 10.3 Å². The van der Waals surface area contributed by atoms with Gasteiger partial charge in [-0.1, -0.05) is 6.07 Å². The number of fused-ring (bicyclic) bond motifs is 1. The molecule has 8 heteroatoms. The quantitative estimate of drug-likeness (QED) is 0.485. The highest BCUT2D eigenvalue weighted by atomic mass is 16.5. The second-order valence-corrected chi connectivity index (χ2v) is 8.76. The van der Waals surface area contributed by atoms with Crippen molar-refractivity contribution in [2.24, 2.45) is 7.05 Å². The van der Waals surface area contributed by atoms with E-state index in [4.69, 9.17) is 4.74 Å². The Balaban J connectivity index is 1.67. The number of anilines is 1. The van der Waals surface area contributed by atoms with Crippen LogP contribution in [0.3, 0.4) is 0 Å². The molecule has 2 amide bonds. The van der Waals surface area contributed by atoms with E-state index in [1.165, 1.54) is 11.8 Å². The number of pyridine rings is 1. The first-order valence-corrected chi connectivity index (χ1v) is 11.0. The molecule has 0 radical (unpaired) electrons. The number of benzene rings is 2. The van der Waals surface area contributed by atoms with Gasteiger partial charge in [-0.2, -0.15) is 0 Å². The van der Waals surface area contributed by atoms with E-state index in [9.17, 15) is 14.4 Å². The predicted molar refractivity (Wildman–Crippen MR) is 129 cm³/mol. The standard InChI is InChI=1S/C26H22N4O4/c1-13(31)30-12-20-24(26(30)33)22(17-11-29(2)21-6-4-5-18(27-20)23(17)21)16-9-14-7-8-15(34-3)10-19(14)28-25(16)32/h4-11,22,27H,12H2,1-3H3,(H,28,32). The minimum atomic E-state index is -0.637. The number of ether oxygens (including phenoxy) is 1. The molecule has 4 aromatic rings. The topological polar surface area (TPSA) is 96.4 Å². The number of nitrogens with one attached hydrogen (secondary N) is 2. The average Bonchev–Trinajstić information content (AvgIpc) is 3.27. The number of amides is 2.